The van der Waals surface area contributed by atoms with Gasteiger partial charge in [0, 0.05) is 17.8 Å². The van der Waals surface area contributed by atoms with E-state index in [1.54, 1.807) is 0 Å². The highest BCUT2D eigenvalue weighted by molar-refractivity contribution is 7.99. The third kappa shape index (κ3) is 4.27. The Bertz CT molecular complexity index is 195. The molecule has 0 bridgehead atoms. The van der Waals surface area contributed by atoms with Crippen molar-refractivity contribution in [3.63, 3.8) is 0 Å². The number of hydrogen-bond acceptors (Lipinski definition) is 3. The second-order valence-electron chi connectivity index (χ2n) is 5.99. The van der Waals surface area contributed by atoms with Crippen molar-refractivity contribution in [3.8, 4) is 0 Å². The molecule has 0 saturated carbocycles. The van der Waals surface area contributed by atoms with Crippen molar-refractivity contribution in [2.24, 2.45) is 5.41 Å². The van der Waals surface area contributed by atoms with E-state index in [1.807, 2.05) is 0 Å². The van der Waals surface area contributed by atoms with Gasteiger partial charge in [0.15, 0.2) is 0 Å². The summed E-state index contributed by atoms with van der Waals surface area (Å²) in [5.74, 6) is 2.68. The summed E-state index contributed by atoms with van der Waals surface area (Å²) in [7, 11) is 4.37. The van der Waals surface area contributed by atoms with Gasteiger partial charge in [0.2, 0.25) is 0 Å². The molecule has 0 aromatic carbocycles. The fraction of sp³-hybridized carbons (Fsp3) is 1.00. The molecule has 1 aliphatic heterocycles. The molecule has 1 aliphatic rings. The van der Waals surface area contributed by atoms with Crippen molar-refractivity contribution in [3.05, 3.63) is 0 Å². The normalized spacial score (nSPS) is 24.0. The first kappa shape index (κ1) is 14.3. The fourth-order valence-electron chi connectivity index (χ4n) is 2.40. The van der Waals surface area contributed by atoms with Gasteiger partial charge in [-0.25, -0.2) is 0 Å². The molecule has 96 valence electrons. The van der Waals surface area contributed by atoms with Gasteiger partial charge < -0.3 is 10.2 Å². The Hall–Kier alpha value is 0.270. The third-order valence-electron chi connectivity index (χ3n) is 3.69. The number of nitrogens with one attached hydrogen (secondary N) is 1. The minimum atomic E-state index is 0.361. The van der Waals surface area contributed by atoms with E-state index in [9.17, 15) is 0 Å². The lowest BCUT2D eigenvalue weighted by atomic mass is 9.85. The van der Waals surface area contributed by atoms with Crippen LogP contribution in [0.15, 0.2) is 0 Å². The molecular weight excluding hydrogens is 216 g/mol. The quantitative estimate of drug-likeness (QED) is 0.800. The van der Waals surface area contributed by atoms with E-state index in [4.69, 9.17) is 0 Å². The Kier molecular flexibility index (Phi) is 5.62. The molecule has 1 N–H and O–H groups in total. The van der Waals surface area contributed by atoms with Crippen LogP contribution in [-0.2, 0) is 0 Å². The summed E-state index contributed by atoms with van der Waals surface area (Å²) >= 11 is 2.10. The van der Waals surface area contributed by atoms with Crippen LogP contribution in [-0.4, -0.2) is 49.1 Å². The number of thioether (sulfide) groups is 1. The molecule has 1 saturated heterocycles. The lowest BCUT2D eigenvalue weighted by Gasteiger charge is -2.33. The molecular formula is C13H28N2S. The predicted molar refractivity (Wildman–Crippen MR) is 75.3 cm³/mol. The van der Waals surface area contributed by atoms with E-state index < -0.39 is 0 Å². The summed E-state index contributed by atoms with van der Waals surface area (Å²) in [6, 6.07) is 1.44. The lowest BCUT2D eigenvalue weighted by molar-refractivity contribution is 0.205. The first-order chi connectivity index (χ1) is 7.45. The highest BCUT2D eigenvalue weighted by Crippen LogP contribution is 2.24. The van der Waals surface area contributed by atoms with E-state index in [0.29, 0.717) is 11.5 Å². The maximum Gasteiger partial charge on any atom is 0.0191 e. The van der Waals surface area contributed by atoms with Crippen LogP contribution in [0.2, 0.25) is 0 Å². The van der Waals surface area contributed by atoms with Crippen LogP contribution in [0.5, 0.6) is 0 Å². The average Bonchev–Trinajstić information content (AvgIpc) is 2.68. The highest BCUT2D eigenvalue weighted by Gasteiger charge is 2.25. The van der Waals surface area contributed by atoms with Crippen molar-refractivity contribution < 1.29 is 0 Å². The fourth-order valence-corrected chi connectivity index (χ4v) is 3.69. The van der Waals surface area contributed by atoms with Gasteiger partial charge in [-0.2, -0.15) is 11.8 Å². The first-order valence-electron chi connectivity index (χ1n) is 6.40. The van der Waals surface area contributed by atoms with Gasteiger partial charge in [-0.3, -0.25) is 0 Å². The third-order valence-corrected chi connectivity index (χ3v) is 4.84. The Morgan fingerprint density at radius 2 is 2.12 bits per heavy atom. The minimum Gasteiger partial charge on any atom is -0.316 e. The van der Waals surface area contributed by atoms with Crippen LogP contribution in [0.3, 0.4) is 0 Å². The van der Waals surface area contributed by atoms with Crippen molar-refractivity contribution in [1.29, 1.82) is 0 Å². The van der Waals surface area contributed by atoms with Crippen molar-refractivity contribution in [2.45, 2.75) is 45.7 Å². The van der Waals surface area contributed by atoms with Gasteiger partial charge in [-0.15, -0.1) is 0 Å². The van der Waals surface area contributed by atoms with Gasteiger partial charge in [0.05, 0.1) is 0 Å². The van der Waals surface area contributed by atoms with Crippen LogP contribution in [0, 0.1) is 5.41 Å². The van der Waals surface area contributed by atoms with E-state index in [1.165, 1.54) is 30.9 Å². The molecule has 0 aliphatic carbocycles. The number of hydrogen-bond donors (Lipinski definition) is 1. The van der Waals surface area contributed by atoms with E-state index in [-0.39, 0.29) is 0 Å². The van der Waals surface area contributed by atoms with Crippen LogP contribution >= 0.6 is 11.8 Å². The van der Waals surface area contributed by atoms with Gasteiger partial charge >= 0.3 is 0 Å². The summed E-state index contributed by atoms with van der Waals surface area (Å²) in [4.78, 5) is 2.55. The predicted octanol–water partition coefficient (Wildman–Crippen LogP) is 2.45. The highest BCUT2D eigenvalue weighted by atomic mass is 32.2. The molecule has 0 radical (unpaired) electrons. The molecule has 1 rings (SSSR count). The Morgan fingerprint density at radius 1 is 1.44 bits per heavy atom. The average molecular weight is 244 g/mol. The molecule has 1 fully saturated rings. The van der Waals surface area contributed by atoms with Crippen LogP contribution in [0.1, 0.15) is 33.6 Å². The zero-order chi connectivity index (χ0) is 12.2. The van der Waals surface area contributed by atoms with E-state index >= 15 is 0 Å². The first-order valence-corrected chi connectivity index (χ1v) is 7.56. The summed E-state index contributed by atoms with van der Waals surface area (Å²) in [5.41, 5.74) is 0.361. The summed E-state index contributed by atoms with van der Waals surface area (Å²) in [6.07, 6.45) is 2.62. The Morgan fingerprint density at radius 3 is 2.56 bits per heavy atom. The summed E-state index contributed by atoms with van der Waals surface area (Å²) in [5, 5.41) is 3.46. The molecule has 0 spiro atoms. The molecule has 2 atom stereocenters. The minimum absolute atomic E-state index is 0.361. The maximum absolute atomic E-state index is 3.46. The molecule has 3 heteroatoms. The summed E-state index contributed by atoms with van der Waals surface area (Å²) in [6.45, 7) is 8.17. The van der Waals surface area contributed by atoms with Crippen molar-refractivity contribution >= 4 is 11.8 Å². The maximum atomic E-state index is 3.46. The van der Waals surface area contributed by atoms with E-state index in [0.717, 1.165) is 6.04 Å². The van der Waals surface area contributed by atoms with Gasteiger partial charge in [0.25, 0.3) is 0 Å². The standard InChI is InChI=1S/C13H28N2S/c1-13(2,3)12(14-4)6-8-15(5)11-7-9-16-10-11/h11-12,14H,6-10H2,1-5H3. The Balaban J connectivity index is 2.31. The monoisotopic (exact) mass is 244 g/mol. The van der Waals surface area contributed by atoms with Crippen molar-refractivity contribution in [2.75, 3.05) is 32.1 Å². The molecule has 0 amide bonds. The SMILES string of the molecule is CNC(CCN(C)C1CCSC1)C(C)(C)C. The lowest BCUT2D eigenvalue weighted by Crippen LogP contribution is -2.42. The molecule has 16 heavy (non-hydrogen) atoms. The van der Waals surface area contributed by atoms with Gasteiger partial charge in [-0.1, -0.05) is 20.8 Å². The van der Waals surface area contributed by atoms with E-state index in [2.05, 4.69) is 56.8 Å². The van der Waals surface area contributed by atoms with Gasteiger partial charge in [-0.05, 0) is 44.6 Å². The second kappa shape index (κ2) is 6.27. The van der Waals surface area contributed by atoms with Crippen LogP contribution in [0.4, 0.5) is 0 Å². The van der Waals surface area contributed by atoms with Crippen molar-refractivity contribution in [1.82, 2.24) is 10.2 Å². The second-order valence-corrected chi connectivity index (χ2v) is 7.14. The van der Waals surface area contributed by atoms with Crippen LogP contribution < -0.4 is 5.32 Å². The molecule has 0 aromatic heterocycles. The molecule has 2 unspecified atom stereocenters. The smallest absolute Gasteiger partial charge is 0.0191 e. The largest absolute Gasteiger partial charge is 0.316 e. The zero-order valence-corrected chi connectivity index (χ0v) is 12.4. The molecule has 1 heterocycles. The molecule has 0 aromatic rings. The topological polar surface area (TPSA) is 15.3 Å². The number of rotatable bonds is 5. The zero-order valence-electron chi connectivity index (χ0n) is 11.5. The van der Waals surface area contributed by atoms with Crippen LogP contribution in [0.25, 0.3) is 0 Å². The summed E-state index contributed by atoms with van der Waals surface area (Å²) < 4.78 is 0. The number of nitrogens with zero attached hydrogens (tertiary/aromatic N) is 1. The Labute approximate surface area is 106 Å². The molecule has 2 nitrogen and oxygen atoms in total. The van der Waals surface area contributed by atoms with Gasteiger partial charge in [0.1, 0.15) is 0 Å².